The summed E-state index contributed by atoms with van der Waals surface area (Å²) in [6.45, 7) is 1.62. The number of nitrogens with two attached hydrogens (primary N) is 1. The number of fused-ring (bicyclic) bond motifs is 1. The lowest BCUT2D eigenvalue weighted by atomic mass is 10.1. The van der Waals surface area contributed by atoms with Crippen molar-refractivity contribution in [2.45, 2.75) is 11.8 Å². The normalized spacial score (nSPS) is 12.3. The van der Waals surface area contributed by atoms with Crippen molar-refractivity contribution < 1.29 is 18.3 Å². The zero-order valence-electron chi connectivity index (χ0n) is 14.0. The van der Waals surface area contributed by atoms with Gasteiger partial charge in [-0.15, -0.1) is 0 Å². The minimum Gasteiger partial charge on any atom is -0.494 e. The third-order valence-electron chi connectivity index (χ3n) is 3.87. The van der Waals surface area contributed by atoms with Crippen molar-refractivity contribution in [1.82, 2.24) is 10.4 Å². The molecular weight excluding hydrogens is 392 g/mol. The van der Waals surface area contributed by atoms with E-state index in [2.05, 4.69) is 15.5 Å². The third kappa shape index (κ3) is 3.80. The van der Waals surface area contributed by atoms with Crippen LogP contribution in [0.1, 0.15) is 22.8 Å². The van der Waals surface area contributed by atoms with E-state index in [0.29, 0.717) is 11.3 Å². The van der Waals surface area contributed by atoms with Crippen molar-refractivity contribution in [3.05, 3.63) is 58.6 Å². The number of sulfonamides is 1. The molecule has 0 unspecified atom stereocenters. The van der Waals surface area contributed by atoms with Gasteiger partial charge in [-0.1, -0.05) is 29.8 Å². The Bertz CT molecular complexity index is 1180. The molecule has 0 atom stereocenters. The van der Waals surface area contributed by atoms with Crippen LogP contribution >= 0.6 is 11.6 Å². The lowest BCUT2D eigenvalue weighted by molar-refractivity contribution is 0.0954. The summed E-state index contributed by atoms with van der Waals surface area (Å²) in [4.78, 5) is 14.8. The van der Waals surface area contributed by atoms with Crippen molar-refractivity contribution in [1.29, 1.82) is 0 Å². The Kier molecular flexibility index (Phi) is 4.92. The number of amides is 1. The van der Waals surface area contributed by atoms with Gasteiger partial charge in [-0.05, 0) is 31.2 Å². The standard InChI is InChI=1S/C17H15ClN4O4S/c1-9(15-11-4-2-3-5-13(11)20-17(15)24)21-22-16(23)10-6-7-12(18)14(8-10)27(19,25)26/h2-8,20,24H,1H3,(H,22,23)(H2,19,25,26). The van der Waals surface area contributed by atoms with E-state index < -0.39 is 15.9 Å². The zero-order chi connectivity index (χ0) is 19.8. The molecule has 1 aromatic heterocycles. The van der Waals surface area contributed by atoms with Crippen LogP contribution < -0.4 is 10.6 Å². The Morgan fingerprint density at radius 3 is 2.67 bits per heavy atom. The number of nitrogens with zero attached hydrogens (tertiary/aromatic N) is 1. The summed E-state index contributed by atoms with van der Waals surface area (Å²) in [5.74, 6) is -0.732. The van der Waals surface area contributed by atoms with Crippen LogP contribution in [0.25, 0.3) is 10.9 Å². The van der Waals surface area contributed by atoms with E-state index in [1.807, 2.05) is 12.1 Å². The molecule has 0 bridgehead atoms. The number of H-pyrrole nitrogens is 1. The quantitative estimate of drug-likeness (QED) is 0.390. The molecule has 0 aliphatic rings. The van der Waals surface area contributed by atoms with Gasteiger partial charge in [-0.2, -0.15) is 5.10 Å². The molecule has 1 amide bonds. The zero-order valence-corrected chi connectivity index (χ0v) is 15.6. The maximum atomic E-state index is 12.3. The second kappa shape index (κ2) is 7.03. The number of para-hydroxylation sites is 1. The van der Waals surface area contributed by atoms with E-state index in [1.54, 1.807) is 19.1 Å². The number of hydrogen-bond acceptors (Lipinski definition) is 5. The second-order valence-corrected chi connectivity index (χ2v) is 7.66. The molecule has 0 spiro atoms. The minimum absolute atomic E-state index is 0.0168. The summed E-state index contributed by atoms with van der Waals surface area (Å²) in [6, 6.07) is 10.9. The summed E-state index contributed by atoms with van der Waals surface area (Å²) in [5.41, 5.74) is 3.87. The SMILES string of the molecule is CC(=NNC(=O)c1ccc(Cl)c(S(N)(=O)=O)c1)c1c(O)[nH]c2ccccc12. The highest BCUT2D eigenvalue weighted by molar-refractivity contribution is 7.89. The fourth-order valence-electron chi connectivity index (χ4n) is 2.61. The number of primary sulfonamides is 1. The van der Waals surface area contributed by atoms with Crippen molar-refractivity contribution in [2.75, 3.05) is 0 Å². The first-order valence-corrected chi connectivity index (χ1v) is 9.58. The highest BCUT2D eigenvalue weighted by atomic mass is 35.5. The number of aromatic nitrogens is 1. The first kappa shape index (κ1) is 18.9. The summed E-state index contributed by atoms with van der Waals surface area (Å²) in [6.07, 6.45) is 0. The van der Waals surface area contributed by atoms with Gasteiger partial charge >= 0.3 is 0 Å². The summed E-state index contributed by atoms with van der Waals surface area (Å²) < 4.78 is 23.0. The molecule has 27 heavy (non-hydrogen) atoms. The summed E-state index contributed by atoms with van der Waals surface area (Å²) in [5, 5.41) is 19.8. The van der Waals surface area contributed by atoms with Gasteiger partial charge in [0, 0.05) is 16.5 Å². The van der Waals surface area contributed by atoms with Gasteiger partial charge in [-0.25, -0.2) is 19.0 Å². The van der Waals surface area contributed by atoms with Crippen LogP contribution in [-0.2, 0) is 10.0 Å². The Morgan fingerprint density at radius 1 is 1.26 bits per heavy atom. The largest absolute Gasteiger partial charge is 0.494 e. The van der Waals surface area contributed by atoms with E-state index in [4.69, 9.17) is 16.7 Å². The fraction of sp³-hybridized carbons (Fsp3) is 0.0588. The number of aromatic amines is 1. The predicted octanol–water partition coefficient (Wildman–Crippen LogP) is 2.33. The number of carbonyl (C=O) groups excluding carboxylic acids is 1. The van der Waals surface area contributed by atoms with Crippen molar-refractivity contribution >= 4 is 44.1 Å². The average molecular weight is 407 g/mol. The number of rotatable bonds is 4. The monoisotopic (exact) mass is 406 g/mol. The molecule has 0 saturated heterocycles. The molecule has 0 saturated carbocycles. The van der Waals surface area contributed by atoms with E-state index in [-0.39, 0.29) is 21.4 Å². The van der Waals surface area contributed by atoms with Crippen LogP contribution in [0.5, 0.6) is 5.88 Å². The van der Waals surface area contributed by atoms with Crippen LogP contribution in [0.15, 0.2) is 52.5 Å². The van der Waals surface area contributed by atoms with Gasteiger partial charge in [0.05, 0.1) is 16.3 Å². The molecular formula is C17H15ClN4O4S. The van der Waals surface area contributed by atoms with Crippen LogP contribution in [0.2, 0.25) is 5.02 Å². The number of halogens is 1. The molecule has 0 aliphatic heterocycles. The summed E-state index contributed by atoms with van der Waals surface area (Å²) >= 11 is 5.80. The van der Waals surface area contributed by atoms with Crippen LogP contribution in [0.3, 0.4) is 0 Å². The van der Waals surface area contributed by atoms with E-state index in [9.17, 15) is 18.3 Å². The lowest BCUT2D eigenvalue weighted by Crippen LogP contribution is -2.20. The number of carbonyl (C=O) groups is 1. The average Bonchev–Trinajstić information content (AvgIpc) is 2.94. The Morgan fingerprint density at radius 2 is 1.96 bits per heavy atom. The first-order chi connectivity index (χ1) is 12.7. The maximum absolute atomic E-state index is 12.3. The number of hydrogen-bond donors (Lipinski definition) is 4. The molecule has 0 aliphatic carbocycles. The van der Waals surface area contributed by atoms with E-state index in [0.717, 1.165) is 17.0 Å². The van der Waals surface area contributed by atoms with Crippen molar-refractivity contribution in [3.63, 3.8) is 0 Å². The van der Waals surface area contributed by atoms with Crippen molar-refractivity contribution in [2.24, 2.45) is 10.2 Å². The number of aromatic hydroxyl groups is 1. The molecule has 0 radical (unpaired) electrons. The molecule has 3 aromatic rings. The van der Waals surface area contributed by atoms with Gasteiger partial charge in [-0.3, -0.25) is 4.79 Å². The topological polar surface area (TPSA) is 138 Å². The minimum atomic E-state index is -4.07. The molecule has 1 heterocycles. The number of nitrogens with one attached hydrogen (secondary N) is 2. The van der Waals surface area contributed by atoms with Crippen molar-refractivity contribution in [3.8, 4) is 5.88 Å². The van der Waals surface area contributed by atoms with Gasteiger partial charge < -0.3 is 10.1 Å². The molecule has 3 rings (SSSR count). The van der Waals surface area contributed by atoms with Gasteiger partial charge in [0.2, 0.25) is 10.0 Å². The molecule has 0 fully saturated rings. The molecule has 2 aromatic carbocycles. The van der Waals surface area contributed by atoms with Crippen LogP contribution in [0.4, 0.5) is 0 Å². The Hall–Kier alpha value is -2.88. The van der Waals surface area contributed by atoms with E-state index in [1.165, 1.54) is 12.1 Å². The Balaban J connectivity index is 1.89. The van der Waals surface area contributed by atoms with Crippen LogP contribution in [0, 0.1) is 0 Å². The molecule has 8 nitrogen and oxygen atoms in total. The van der Waals surface area contributed by atoms with E-state index >= 15 is 0 Å². The highest BCUT2D eigenvalue weighted by Gasteiger charge is 2.17. The number of benzene rings is 2. The number of hydrazone groups is 1. The lowest BCUT2D eigenvalue weighted by Gasteiger charge is -2.06. The van der Waals surface area contributed by atoms with Gasteiger partial charge in [0.1, 0.15) is 4.90 Å². The third-order valence-corrected chi connectivity index (χ3v) is 5.27. The van der Waals surface area contributed by atoms with Gasteiger partial charge in [0.25, 0.3) is 5.91 Å². The highest BCUT2D eigenvalue weighted by Crippen LogP contribution is 2.27. The van der Waals surface area contributed by atoms with Crippen LogP contribution in [-0.4, -0.2) is 30.1 Å². The maximum Gasteiger partial charge on any atom is 0.271 e. The molecule has 5 N–H and O–H groups in total. The van der Waals surface area contributed by atoms with Gasteiger partial charge in [0.15, 0.2) is 5.88 Å². The second-order valence-electron chi connectivity index (χ2n) is 5.72. The fourth-order valence-corrected chi connectivity index (χ4v) is 3.68. The summed E-state index contributed by atoms with van der Waals surface area (Å²) in [7, 11) is -4.07. The Labute approximate surface area is 159 Å². The first-order valence-electron chi connectivity index (χ1n) is 7.65. The predicted molar refractivity (Wildman–Crippen MR) is 102 cm³/mol. The smallest absolute Gasteiger partial charge is 0.271 e. The molecule has 10 heteroatoms. The molecule has 140 valence electrons.